The zero-order valence-corrected chi connectivity index (χ0v) is 11.9. The average molecular weight is 356 g/mol. The lowest BCUT2D eigenvalue weighted by Gasteiger charge is -2.23. The van der Waals surface area contributed by atoms with Gasteiger partial charge in [-0.1, -0.05) is 0 Å². The van der Waals surface area contributed by atoms with Gasteiger partial charge >= 0.3 is 6.18 Å². The first kappa shape index (κ1) is 14.4. The van der Waals surface area contributed by atoms with Crippen molar-refractivity contribution in [2.75, 3.05) is 23.8 Å². The van der Waals surface area contributed by atoms with E-state index in [4.69, 9.17) is 0 Å². The Balaban J connectivity index is 2.09. The van der Waals surface area contributed by atoms with E-state index in [0.29, 0.717) is 5.82 Å². The number of hydrogen-bond donors (Lipinski definition) is 0. The Kier molecular flexibility index (Phi) is 4.56. The molecule has 1 aromatic rings. The number of hydrogen-bond acceptors (Lipinski definition) is 5. The van der Waals surface area contributed by atoms with Gasteiger partial charge in [0.15, 0.2) is 6.61 Å². The number of alkyl halides is 3. The van der Waals surface area contributed by atoms with Gasteiger partial charge < -0.3 is 9.64 Å². The van der Waals surface area contributed by atoms with Crippen molar-refractivity contribution in [3.8, 4) is 5.88 Å². The van der Waals surface area contributed by atoms with E-state index in [1.165, 1.54) is 12.4 Å². The van der Waals surface area contributed by atoms with Crippen LogP contribution in [0.1, 0.15) is 0 Å². The molecule has 2 rings (SSSR count). The van der Waals surface area contributed by atoms with Crippen LogP contribution in [-0.4, -0.2) is 35.0 Å². The normalized spacial score (nSPS) is 16.2. The summed E-state index contributed by atoms with van der Waals surface area (Å²) in [5, 5.41) is 0. The number of nitrogens with zero attached hydrogens (tertiary/aromatic N) is 3. The fourth-order valence-electron chi connectivity index (χ4n) is 1.37. The zero-order valence-electron chi connectivity index (χ0n) is 9.52. The highest BCUT2D eigenvalue weighted by Crippen LogP contribution is 2.29. The number of halogens is 4. The molecule has 104 valence electrons. The molecule has 0 bridgehead atoms. The van der Waals surface area contributed by atoms with E-state index < -0.39 is 12.8 Å². The van der Waals surface area contributed by atoms with Gasteiger partial charge in [-0.05, 0) is 15.9 Å². The van der Waals surface area contributed by atoms with Crippen LogP contribution >= 0.6 is 27.7 Å². The Bertz CT molecular complexity index is 483. The smallest absolute Gasteiger partial charge is 0.422 e. The lowest BCUT2D eigenvalue weighted by atomic mass is 10.4. The third-order valence-corrected chi connectivity index (χ3v) is 3.79. The number of aromatic nitrogens is 2. The Labute approximate surface area is 120 Å². The van der Waals surface area contributed by atoms with E-state index in [0.717, 1.165) is 16.1 Å². The van der Waals surface area contributed by atoms with E-state index in [-0.39, 0.29) is 5.88 Å². The maximum atomic E-state index is 12.1. The quantitative estimate of drug-likeness (QED) is 0.832. The van der Waals surface area contributed by atoms with Gasteiger partial charge in [0, 0.05) is 24.6 Å². The van der Waals surface area contributed by atoms with Crippen molar-refractivity contribution < 1.29 is 17.9 Å². The average Bonchev–Trinajstić information content (AvgIpc) is 2.36. The third-order valence-electron chi connectivity index (χ3n) is 2.14. The van der Waals surface area contributed by atoms with E-state index in [9.17, 15) is 13.2 Å². The largest absolute Gasteiger partial charge is 0.468 e. The van der Waals surface area contributed by atoms with Crippen molar-refractivity contribution in [1.82, 2.24) is 9.97 Å². The molecule has 1 aliphatic heterocycles. The van der Waals surface area contributed by atoms with Gasteiger partial charge in [0.1, 0.15) is 12.1 Å². The lowest BCUT2D eigenvalue weighted by Crippen LogP contribution is -2.24. The molecule has 1 aliphatic rings. The molecule has 0 saturated heterocycles. The third kappa shape index (κ3) is 4.57. The van der Waals surface area contributed by atoms with E-state index in [2.05, 4.69) is 30.6 Å². The molecule has 9 heteroatoms. The number of thioether (sulfide) groups is 1. The molecule has 0 saturated carbocycles. The Morgan fingerprint density at radius 1 is 1.42 bits per heavy atom. The summed E-state index contributed by atoms with van der Waals surface area (Å²) < 4.78 is 41.7. The summed E-state index contributed by atoms with van der Waals surface area (Å²) >= 11 is 5.01. The molecule has 0 radical (unpaired) electrons. The first-order chi connectivity index (χ1) is 8.94. The highest BCUT2D eigenvalue weighted by molar-refractivity contribution is 9.14. The van der Waals surface area contributed by atoms with Crippen molar-refractivity contribution in [2.24, 2.45) is 0 Å². The summed E-state index contributed by atoms with van der Waals surface area (Å²) in [4.78, 5) is 9.50. The summed E-state index contributed by atoms with van der Waals surface area (Å²) in [6, 6.07) is 1.39. The van der Waals surface area contributed by atoms with Crippen molar-refractivity contribution in [3.63, 3.8) is 0 Å². The van der Waals surface area contributed by atoms with Crippen LogP contribution in [0, 0.1) is 0 Å². The minimum absolute atomic E-state index is 0.0925. The second-order valence-electron chi connectivity index (χ2n) is 3.59. The molecular weight excluding hydrogens is 347 g/mol. The van der Waals surface area contributed by atoms with Gasteiger partial charge in [-0.2, -0.15) is 13.2 Å². The molecule has 19 heavy (non-hydrogen) atoms. The van der Waals surface area contributed by atoms with Crippen LogP contribution in [0.25, 0.3) is 0 Å². The summed E-state index contributed by atoms with van der Waals surface area (Å²) in [6.45, 7) is -0.645. The van der Waals surface area contributed by atoms with Crippen molar-refractivity contribution in [2.45, 2.75) is 6.18 Å². The predicted molar refractivity (Wildman–Crippen MR) is 70.4 cm³/mol. The van der Waals surface area contributed by atoms with Gasteiger partial charge in [0.25, 0.3) is 0 Å². The first-order valence-corrected chi connectivity index (χ1v) is 7.00. The number of ether oxygens (including phenoxy) is 1. The van der Waals surface area contributed by atoms with Crippen LogP contribution in [-0.2, 0) is 0 Å². The fourth-order valence-corrected chi connectivity index (χ4v) is 2.79. The molecule has 0 N–H and O–H groups in total. The first-order valence-electron chi connectivity index (χ1n) is 5.22. The van der Waals surface area contributed by atoms with Crippen LogP contribution in [0.2, 0.25) is 0 Å². The fraction of sp³-hybridized carbons (Fsp3) is 0.400. The number of anilines is 1. The van der Waals surface area contributed by atoms with Gasteiger partial charge in [0.05, 0.1) is 3.81 Å². The standard InChI is InChI=1S/C10H9BrF3N3OS/c11-7-4-17(1-2-19-7)8-3-9(16-6-15-8)18-5-10(12,13)14/h3-4,6H,1-2,5H2. The van der Waals surface area contributed by atoms with Gasteiger partial charge in [0.2, 0.25) is 5.88 Å². The summed E-state index contributed by atoms with van der Waals surface area (Å²) in [6.07, 6.45) is -1.37. The Morgan fingerprint density at radius 3 is 2.89 bits per heavy atom. The van der Waals surface area contributed by atoms with Crippen LogP contribution in [0.4, 0.5) is 19.0 Å². The molecule has 4 nitrogen and oxygen atoms in total. The maximum absolute atomic E-state index is 12.1. The second kappa shape index (κ2) is 6.00. The van der Waals surface area contributed by atoms with Gasteiger partial charge in [-0.3, -0.25) is 0 Å². The van der Waals surface area contributed by atoms with E-state index >= 15 is 0 Å². The molecular formula is C10H9BrF3N3OS. The molecule has 0 unspecified atom stereocenters. The SMILES string of the molecule is FC(F)(F)COc1cc(N2C=C(Br)SCC2)ncn1. The highest BCUT2D eigenvalue weighted by atomic mass is 79.9. The summed E-state index contributed by atoms with van der Waals surface area (Å²) in [7, 11) is 0. The van der Waals surface area contributed by atoms with Crippen LogP contribution in [0.15, 0.2) is 22.4 Å². The van der Waals surface area contributed by atoms with Crippen LogP contribution in [0.5, 0.6) is 5.88 Å². The zero-order chi connectivity index (χ0) is 13.9. The maximum Gasteiger partial charge on any atom is 0.422 e. The molecule has 0 aliphatic carbocycles. The second-order valence-corrected chi connectivity index (χ2v) is 6.11. The molecule has 0 aromatic carbocycles. The molecule has 0 fully saturated rings. The molecule has 1 aromatic heterocycles. The van der Waals surface area contributed by atoms with E-state index in [1.54, 1.807) is 11.8 Å². The van der Waals surface area contributed by atoms with Crippen LogP contribution in [0.3, 0.4) is 0 Å². The summed E-state index contributed by atoms with van der Waals surface area (Å²) in [5.41, 5.74) is 0. The molecule has 0 amide bonds. The van der Waals surface area contributed by atoms with Gasteiger partial charge in [-0.25, -0.2) is 9.97 Å². The minimum Gasteiger partial charge on any atom is -0.468 e. The Hall–Kier alpha value is -0.960. The Morgan fingerprint density at radius 2 is 2.21 bits per heavy atom. The monoisotopic (exact) mass is 355 g/mol. The molecule has 0 atom stereocenters. The van der Waals surface area contributed by atoms with Gasteiger partial charge in [-0.15, -0.1) is 11.8 Å². The van der Waals surface area contributed by atoms with E-state index in [1.807, 2.05) is 11.1 Å². The minimum atomic E-state index is -4.38. The summed E-state index contributed by atoms with van der Waals surface area (Å²) in [5.74, 6) is 1.27. The van der Waals surface area contributed by atoms with Crippen LogP contribution < -0.4 is 9.64 Å². The highest BCUT2D eigenvalue weighted by Gasteiger charge is 2.28. The van der Waals surface area contributed by atoms with Crippen molar-refractivity contribution >= 4 is 33.5 Å². The predicted octanol–water partition coefficient (Wildman–Crippen LogP) is 3.16. The number of rotatable bonds is 3. The molecule has 2 heterocycles. The lowest BCUT2D eigenvalue weighted by molar-refractivity contribution is -0.154. The topological polar surface area (TPSA) is 38.2 Å². The van der Waals surface area contributed by atoms with Crippen molar-refractivity contribution in [3.05, 3.63) is 22.4 Å². The molecule has 0 spiro atoms. The van der Waals surface area contributed by atoms with Crippen molar-refractivity contribution in [1.29, 1.82) is 0 Å².